The normalized spacial score (nSPS) is 12.5. The second-order valence-electron chi connectivity index (χ2n) is 4.39. The van der Waals surface area contributed by atoms with Gasteiger partial charge >= 0.3 is 0 Å². The molecule has 0 aliphatic heterocycles. The minimum Gasteiger partial charge on any atom is -0.391 e. The van der Waals surface area contributed by atoms with E-state index in [0.717, 1.165) is 3.57 Å². The molecule has 2 N–H and O–H groups in total. The Morgan fingerprint density at radius 3 is 2.82 bits per heavy atom. The third-order valence-electron chi connectivity index (χ3n) is 2.21. The Kier molecular flexibility index (Phi) is 5.84. The SMILES string of the molecule is CC(C)CC(O)CNC(=O)c1cncc(I)c1. The number of carbonyl (C=O) groups is 1. The molecular formula is C12H17IN2O2. The summed E-state index contributed by atoms with van der Waals surface area (Å²) in [5.41, 5.74) is 0.522. The van der Waals surface area contributed by atoms with Crippen LogP contribution in [0.25, 0.3) is 0 Å². The van der Waals surface area contributed by atoms with E-state index in [4.69, 9.17) is 0 Å². The van der Waals surface area contributed by atoms with Crippen molar-refractivity contribution >= 4 is 28.5 Å². The van der Waals surface area contributed by atoms with Crippen LogP contribution in [0.1, 0.15) is 30.6 Å². The van der Waals surface area contributed by atoms with Gasteiger partial charge < -0.3 is 10.4 Å². The summed E-state index contributed by atoms with van der Waals surface area (Å²) >= 11 is 2.10. The molecule has 94 valence electrons. The molecule has 0 saturated heterocycles. The third kappa shape index (κ3) is 5.45. The Morgan fingerprint density at radius 1 is 1.53 bits per heavy atom. The molecule has 0 radical (unpaired) electrons. The van der Waals surface area contributed by atoms with Gasteiger partial charge in [0.15, 0.2) is 0 Å². The molecule has 1 rings (SSSR count). The number of rotatable bonds is 5. The predicted molar refractivity (Wildman–Crippen MR) is 74.7 cm³/mol. The monoisotopic (exact) mass is 348 g/mol. The molecule has 1 aromatic rings. The van der Waals surface area contributed by atoms with E-state index >= 15 is 0 Å². The highest BCUT2D eigenvalue weighted by atomic mass is 127. The lowest BCUT2D eigenvalue weighted by Crippen LogP contribution is -2.32. The fourth-order valence-electron chi connectivity index (χ4n) is 1.48. The van der Waals surface area contributed by atoms with Gasteiger partial charge in [-0.2, -0.15) is 0 Å². The number of halogens is 1. The lowest BCUT2D eigenvalue weighted by Gasteiger charge is -2.13. The Bertz CT molecular complexity index is 383. The highest BCUT2D eigenvalue weighted by molar-refractivity contribution is 14.1. The number of aliphatic hydroxyl groups excluding tert-OH is 1. The van der Waals surface area contributed by atoms with Gasteiger partial charge in [0.25, 0.3) is 5.91 Å². The van der Waals surface area contributed by atoms with Gasteiger partial charge in [-0.25, -0.2) is 0 Å². The summed E-state index contributed by atoms with van der Waals surface area (Å²) in [6, 6.07) is 1.76. The second-order valence-corrected chi connectivity index (χ2v) is 5.63. The maximum Gasteiger partial charge on any atom is 0.252 e. The number of pyridine rings is 1. The van der Waals surface area contributed by atoms with Crippen LogP contribution in [0.15, 0.2) is 18.5 Å². The minimum absolute atomic E-state index is 0.196. The van der Waals surface area contributed by atoms with Gasteiger partial charge in [-0.1, -0.05) is 13.8 Å². The first-order valence-corrected chi connectivity index (χ1v) is 6.63. The molecule has 0 fully saturated rings. The fraction of sp³-hybridized carbons (Fsp3) is 0.500. The molecule has 0 bridgehead atoms. The van der Waals surface area contributed by atoms with Crippen molar-refractivity contribution in [2.75, 3.05) is 6.54 Å². The van der Waals surface area contributed by atoms with E-state index in [9.17, 15) is 9.90 Å². The second kappa shape index (κ2) is 6.90. The molecule has 1 heterocycles. The van der Waals surface area contributed by atoms with Crippen molar-refractivity contribution in [1.82, 2.24) is 10.3 Å². The number of amides is 1. The molecule has 0 aromatic carbocycles. The highest BCUT2D eigenvalue weighted by Gasteiger charge is 2.10. The van der Waals surface area contributed by atoms with Crippen LogP contribution in [0.4, 0.5) is 0 Å². The Balaban J connectivity index is 2.45. The Hall–Kier alpha value is -0.690. The standard InChI is InChI=1S/C12H17IN2O2/c1-8(2)3-11(16)7-15-12(17)9-4-10(13)6-14-5-9/h4-6,8,11,16H,3,7H2,1-2H3,(H,15,17). The molecule has 1 aromatic heterocycles. The number of nitrogens with zero attached hydrogens (tertiary/aromatic N) is 1. The van der Waals surface area contributed by atoms with E-state index in [1.165, 1.54) is 6.20 Å². The average molecular weight is 348 g/mol. The number of nitrogens with one attached hydrogen (secondary N) is 1. The zero-order valence-corrected chi connectivity index (χ0v) is 12.1. The molecule has 1 atom stereocenters. The van der Waals surface area contributed by atoms with Gasteiger partial charge in [0.05, 0.1) is 11.7 Å². The van der Waals surface area contributed by atoms with Crippen LogP contribution in [0, 0.1) is 9.49 Å². The van der Waals surface area contributed by atoms with Crippen LogP contribution >= 0.6 is 22.6 Å². The molecule has 0 saturated carbocycles. The van der Waals surface area contributed by atoms with Crippen molar-refractivity contribution < 1.29 is 9.90 Å². The van der Waals surface area contributed by atoms with E-state index in [1.807, 2.05) is 13.8 Å². The van der Waals surface area contributed by atoms with Crippen LogP contribution in [0.2, 0.25) is 0 Å². The quantitative estimate of drug-likeness (QED) is 0.798. The fourth-order valence-corrected chi connectivity index (χ4v) is 1.97. The smallest absolute Gasteiger partial charge is 0.252 e. The Labute approximate surface area is 115 Å². The summed E-state index contributed by atoms with van der Waals surface area (Å²) in [5.74, 6) is 0.222. The molecular weight excluding hydrogens is 331 g/mol. The summed E-state index contributed by atoms with van der Waals surface area (Å²) < 4.78 is 0.915. The molecule has 17 heavy (non-hydrogen) atoms. The van der Waals surface area contributed by atoms with Crippen molar-refractivity contribution in [1.29, 1.82) is 0 Å². The van der Waals surface area contributed by atoms with Gasteiger partial charge in [0, 0.05) is 22.5 Å². The maximum atomic E-state index is 11.7. The van der Waals surface area contributed by atoms with Crippen LogP contribution in [0.5, 0.6) is 0 Å². The molecule has 0 spiro atoms. The molecule has 1 unspecified atom stereocenters. The van der Waals surface area contributed by atoms with Gasteiger partial charge in [0.2, 0.25) is 0 Å². The maximum absolute atomic E-state index is 11.7. The van der Waals surface area contributed by atoms with Gasteiger partial charge in [-0.15, -0.1) is 0 Å². The zero-order chi connectivity index (χ0) is 12.8. The number of hydrogen-bond acceptors (Lipinski definition) is 3. The zero-order valence-electron chi connectivity index (χ0n) is 9.98. The number of hydrogen-bond donors (Lipinski definition) is 2. The topological polar surface area (TPSA) is 62.2 Å². The van der Waals surface area contributed by atoms with Gasteiger partial charge in [-0.3, -0.25) is 9.78 Å². The first kappa shape index (κ1) is 14.4. The largest absolute Gasteiger partial charge is 0.391 e. The molecule has 0 aliphatic rings. The molecule has 0 aliphatic carbocycles. The molecule has 4 nitrogen and oxygen atoms in total. The predicted octanol–water partition coefficient (Wildman–Crippen LogP) is 1.82. The summed E-state index contributed by atoms with van der Waals surface area (Å²) in [7, 11) is 0. The van der Waals surface area contributed by atoms with E-state index in [1.54, 1.807) is 12.3 Å². The van der Waals surface area contributed by atoms with Crippen LogP contribution < -0.4 is 5.32 Å². The lowest BCUT2D eigenvalue weighted by atomic mass is 10.1. The summed E-state index contributed by atoms with van der Waals surface area (Å²) in [4.78, 5) is 15.7. The van der Waals surface area contributed by atoms with Gasteiger partial charge in [-0.05, 0) is 41.0 Å². The number of carbonyl (C=O) groups excluding carboxylic acids is 1. The summed E-state index contributed by atoms with van der Waals surface area (Å²) in [6.07, 6.45) is 3.40. The first-order valence-electron chi connectivity index (χ1n) is 5.56. The van der Waals surface area contributed by atoms with Crippen molar-refractivity contribution in [3.05, 3.63) is 27.6 Å². The van der Waals surface area contributed by atoms with E-state index in [0.29, 0.717) is 17.9 Å². The number of aromatic nitrogens is 1. The van der Waals surface area contributed by atoms with E-state index < -0.39 is 6.10 Å². The summed E-state index contributed by atoms with van der Waals surface area (Å²) in [6.45, 7) is 4.35. The van der Waals surface area contributed by atoms with Crippen molar-refractivity contribution in [2.24, 2.45) is 5.92 Å². The first-order chi connectivity index (χ1) is 7.99. The molecule has 1 amide bonds. The molecule has 5 heteroatoms. The average Bonchev–Trinajstić information content (AvgIpc) is 2.25. The van der Waals surface area contributed by atoms with Crippen molar-refractivity contribution in [2.45, 2.75) is 26.4 Å². The number of aliphatic hydroxyl groups is 1. The summed E-state index contributed by atoms with van der Waals surface area (Å²) in [5, 5.41) is 12.3. The highest BCUT2D eigenvalue weighted by Crippen LogP contribution is 2.06. The van der Waals surface area contributed by atoms with Crippen LogP contribution in [-0.2, 0) is 0 Å². The van der Waals surface area contributed by atoms with Gasteiger partial charge in [0.1, 0.15) is 0 Å². The van der Waals surface area contributed by atoms with Crippen molar-refractivity contribution in [3.63, 3.8) is 0 Å². The van der Waals surface area contributed by atoms with Crippen molar-refractivity contribution in [3.8, 4) is 0 Å². The minimum atomic E-state index is -0.491. The van der Waals surface area contributed by atoms with E-state index in [2.05, 4.69) is 32.9 Å². The van der Waals surface area contributed by atoms with Crippen LogP contribution in [-0.4, -0.2) is 28.6 Å². The van der Waals surface area contributed by atoms with E-state index in [-0.39, 0.29) is 12.5 Å². The lowest BCUT2D eigenvalue weighted by molar-refractivity contribution is 0.0900. The van der Waals surface area contributed by atoms with Crippen LogP contribution in [0.3, 0.4) is 0 Å². The Morgan fingerprint density at radius 2 is 2.24 bits per heavy atom. The third-order valence-corrected chi connectivity index (χ3v) is 2.80.